The Morgan fingerprint density at radius 2 is 1.37 bits per heavy atom. The molecular formula is C20H15N3O4. The normalized spacial score (nSPS) is 10.1. The number of carbonyl (C=O) groups excluding carboxylic acids is 2. The monoisotopic (exact) mass is 361 g/mol. The Balaban J connectivity index is 1.75. The molecule has 0 saturated heterocycles. The third-order valence-corrected chi connectivity index (χ3v) is 3.85. The van der Waals surface area contributed by atoms with Crippen LogP contribution < -0.4 is 10.9 Å². The fourth-order valence-electron chi connectivity index (χ4n) is 2.49. The molecular weight excluding hydrogens is 346 g/mol. The Kier molecular flexibility index (Phi) is 5.22. The van der Waals surface area contributed by atoms with Gasteiger partial charge < -0.3 is 0 Å². The van der Waals surface area contributed by atoms with Crippen molar-refractivity contribution in [3.63, 3.8) is 0 Å². The molecule has 0 aliphatic carbocycles. The van der Waals surface area contributed by atoms with E-state index in [1.165, 1.54) is 24.3 Å². The molecule has 0 fully saturated rings. The summed E-state index contributed by atoms with van der Waals surface area (Å²) in [5.41, 5.74) is 6.60. The molecule has 0 aliphatic heterocycles. The lowest BCUT2D eigenvalue weighted by atomic mass is 9.98. The number of nitro groups is 1. The Hall–Kier alpha value is -4.00. The lowest BCUT2D eigenvalue weighted by Crippen LogP contribution is -2.30. The Labute approximate surface area is 154 Å². The fourth-order valence-corrected chi connectivity index (χ4v) is 2.49. The van der Waals surface area contributed by atoms with Crippen molar-refractivity contribution in [2.24, 2.45) is 0 Å². The highest BCUT2D eigenvalue weighted by atomic mass is 16.6. The molecule has 27 heavy (non-hydrogen) atoms. The van der Waals surface area contributed by atoms with E-state index >= 15 is 0 Å². The molecule has 0 radical (unpaired) electrons. The molecule has 3 aromatic rings. The van der Waals surface area contributed by atoms with Crippen LogP contribution in [-0.2, 0) is 0 Å². The second kappa shape index (κ2) is 7.92. The van der Waals surface area contributed by atoms with Gasteiger partial charge in [-0.15, -0.1) is 0 Å². The van der Waals surface area contributed by atoms with E-state index in [0.29, 0.717) is 11.3 Å². The lowest BCUT2D eigenvalue weighted by molar-refractivity contribution is -0.384. The van der Waals surface area contributed by atoms with Crippen molar-refractivity contribution >= 4 is 23.1 Å². The van der Waals surface area contributed by atoms with Crippen molar-refractivity contribution in [3.05, 3.63) is 106 Å². The third kappa shape index (κ3) is 4.16. The topological polar surface area (TPSA) is 101 Å². The number of rotatable bonds is 6. The first-order chi connectivity index (χ1) is 13.1. The molecule has 7 nitrogen and oxygen atoms in total. The molecule has 0 spiro atoms. The molecule has 0 aliphatic rings. The van der Waals surface area contributed by atoms with Crippen molar-refractivity contribution in [3.8, 4) is 0 Å². The summed E-state index contributed by atoms with van der Waals surface area (Å²) in [7, 11) is 0. The van der Waals surface area contributed by atoms with E-state index in [1.54, 1.807) is 48.5 Å². The number of carbonyl (C=O) groups is 2. The minimum atomic E-state index is -0.506. The summed E-state index contributed by atoms with van der Waals surface area (Å²) >= 11 is 0. The fraction of sp³-hybridized carbons (Fsp3) is 0. The van der Waals surface area contributed by atoms with Gasteiger partial charge in [0.25, 0.3) is 11.6 Å². The molecule has 7 heteroatoms. The van der Waals surface area contributed by atoms with Crippen LogP contribution in [0.2, 0.25) is 0 Å². The van der Waals surface area contributed by atoms with Gasteiger partial charge in [-0.25, -0.2) is 0 Å². The number of ketones is 1. The Morgan fingerprint density at radius 1 is 0.778 bits per heavy atom. The molecule has 134 valence electrons. The summed E-state index contributed by atoms with van der Waals surface area (Å²) in [6.07, 6.45) is 0. The summed E-state index contributed by atoms with van der Waals surface area (Å²) in [6.45, 7) is 0. The maximum absolute atomic E-state index is 12.7. The van der Waals surface area contributed by atoms with Crippen LogP contribution in [0.25, 0.3) is 0 Å². The Bertz CT molecular complexity index is 986. The largest absolute Gasteiger partial charge is 0.298 e. The SMILES string of the molecule is O=C(NNc1ccc([N+](=O)[O-])cc1)c1ccccc1C(=O)c1ccccc1. The summed E-state index contributed by atoms with van der Waals surface area (Å²) in [4.78, 5) is 35.4. The molecule has 0 bridgehead atoms. The van der Waals surface area contributed by atoms with Gasteiger partial charge in [-0.2, -0.15) is 0 Å². The van der Waals surface area contributed by atoms with Gasteiger partial charge in [0, 0.05) is 23.3 Å². The number of amides is 1. The van der Waals surface area contributed by atoms with E-state index in [9.17, 15) is 19.7 Å². The van der Waals surface area contributed by atoms with Crippen LogP contribution in [0.1, 0.15) is 26.3 Å². The summed E-state index contributed by atoms with van der Waals surface area (Å²) < 4.78 is 0. The van der Waals surface area contributed by atoms with Crippen LogP contribution in [0.4, 0.5) is 11.4 Å². The highest BCUT2D eigenvalue weighted by molar-refractivity contribution is 6.15. The first-order valence-corrected chi connectivity index (χ1v) is 8.06. The predicted octanol–water partition coefficient (Wildman–Crippen LogP) is 3.58. The van der Waals surface area contributed by atoms with Gasteiger partial charge in [-0.05, 0) is 18.2 Å². The minimum Gasteiger partial charge on any atom is -0.298 e. The van der Waals surface area contributed by atoms with Gasteiger partial charge in [-0.3, -0.25) is 30.6 Å². The number of nitrogens with zero attached hydrogens (tertiary/aromatic N) is 1. The van der Waals surface area contributed by atoms with Gasteiger partial charge in [0.15, 0.2) is 5.78 Å². The molecule has 3 rings (SSSR count). The number of hydrazine groups is 1. The summed E-state index contributed by atoms with van der Waals surface area (Å²) in [6, 6.07) is 20.8. The first kappa shape index (κ1) is 17.8. The zero-order valence-corrected chi connectivity index (χ0v) is 14.1. The van der Waals surface area contributed by atoms with E-state index in [-0.39, 0.29) is 22.6 Å². The average molecular weight is 361 g/mol. The van der Waals surface area contributed by atoms with Crippen molar-refractivity contribution in [2.45, 2.75) is 0 Å². The second-order valence-electron chi connectivity index (χ2n) is 5.62. The van der Waals surface area contributed by atoms with E-state index in [1.807, 2.05) is 6.07 Å². The maximum atomic E-state index is 12.7. The number of benzene rings is 3. The average Bonchev–Trinajstić information content (AvgIpc) is 2.72. The number of nitro benzene ring substituents is 1. The number of hydrogen-bond donors (Lipinski definition) is 2. The number of hydrogen-bond acceptors (Lipinski definition) is 5. The maximum Gasteiger partial charge on any atom is 0.270 e. The molecule has 0 heterocycles. The van der Waals surface area contributed by atoms with Crippen molar-refractivity contribution in [2.75, 3.05) is 5.43 Å². The van der Waals surface area contributed by atoms with Crippen LogP contribution in [0.3, 0.4) is 0 Å². The zero-order valence-electron chi connectivity index (χ0n) is 14.1. The standard InChI is InChI=1S/C20H15N3O4/c24-19(14-6-2-1-3-7-14)17-8-4-5-9-18(17)20(25)22-21-15-10-12-16(13-11-15)23(26)27/h1-13,21H,(H,22,25). The molecule has 0 aromatic heterocycles. The highest BCUT2D eigenvalue weighted by Gasteiger charge is 2.17. The number of non-ortho nitro benzene ring substituents is 1. The van der Waals surface area contributed by atoms with Crippen molar-refractivity contribution in [1.29, 1.82) is 0 Å². The summed E-state index contributed by atoms with van der Waals surface area (Å²) in [5, 5.41) is 10.7. The van der Waals surface area contributed by atoms with Crippen molar-refractivity contribution in [1.82, 2.24) is 5.43 Å². The first-order valence-electron chi connectivity index (χ1n) is 8.06. The molecule has 1 amide bonds. The Morgan fingerprint density at radius 3 is 2.00 bits per heavy atom. The van der Waals surface area contributed by atoms with Gasteiger partial charge in [0.2, 0.25) is 0 Å². The smallest absolute Gasteiger partial charge is 0.270 e. The van der Waals surface area contributed by atoms with Gasteiger partial charge in [0.1, 0.15) is 0 Å². The molecule has 3 aromatic carbocycles. The molecule has 0 atom stereocenters. The number of nitrogens with one attached hydrogen (secondary N) is 2. The highest BCUT2D eigenvalue weighted by Crippen LogP contribution is 2.16. The lowest BCUT2D eigenvalue weighted by Gasteiger charge is -2.11. The van der Waals surface area contributed by atoms with E-state index in [2.05, 4.69) is 10.9 Å². The van der Waals surface area contributed by atoms with Crippen molar-refractivity contribution < 1.29 is 14.5 Å². The molecule has 0 saturated carbocycles. The van der Waals surface area contributed by atoms with Crippen LogP contribution in [0.15, 0.2) is 78.9 Å². The van der Waals surface area contributed by atoms with Crippen LogP contribution in [-0.4, -0.2) is 16.6 Å². The number of anilines is 1. The van der Waals surface area contributed by atoms with Crippen LogP contribution >= 0.6 is 0 Å². The minimum absolute atomic E-state index is 0.0503. The second-order valence-corrected chi connectivity index (χ2v) is 5.62. The van der Waals surface area contributed by atoms with Crippen LogP contribution in [0.5, 0.6) is 0 Å². The van der Waals surface area contributed by atoms with E-state index < -0.39 is 10.8 Å². The molecule has 2 N–H and O–H groups in total. The molecule has 0 unspecified atom stereocenters. The van der Waals surface area contributed by atoms with E-state index in [4.69, 9.17) is 0 Å². The third-order valence-electron chi connectivity index (χ3n) is 3.85. The van der Waals surface area contributed by atoms with Gasteiger partial charge in [0.05, 0.1) is 16.2 Å². The van der Waals surface area contributed by atoms with Gasteiger partial charge >= 0.3 is 0 Å². The summed E-state index contributed by atoms with van der Waals surface area (Å²) in [5.74, 6) is -0.745. The van der Waals surface area contributed by atoms with E-state index in [0.717, 1.165) is 0 Å². The zero-order chi connectivity index (χ0) is 19.2. The predicted molar refractivity (Wildman–Crippen MR) is 101 cm³/mol. The quantitative estimate of drug-likeness (QED) is 0.397. The van der Waals surface area contributed by atoms with Gasteiger partial charge in [-0.1, -0.05) is 48.5 Å². The van der Waals surface area contributed by atoms with Crippen LogP contribution in [0, 0.1) is 10.1 Å².